The van der Waals surface area contributed by atoms with E-state index in [-0.39, 0.29) is 42.2 Å². The normalized spacial score (nSPS) is 15.9. The Kier molecular flexibility index (Phi) is 8.07. The summed E-state index contributed by atoms with van der Waals surface area (Å²) in [5, 5.41) is 8.78. The van der Waals surface area contributed by atoms with Gasteiger partial charge in [-0.1, -0.05) is 12.1 Å². The van der Waals surface area contributed by atoms with Gasteiger partial charge in [-0.05, 0) is 69.0 Å². The highest BCUT2D eigenvalue weighted by Crippen LogP contribution is 2.31. The van der Waals surface area contributed by atoms with Crippen molar-refractivity contribution in [3.63, 3.8) is 0 Å². The Bertz CT molecular complexity index is 1100. The number of urea groups is 1. The fourth-order valence-electron chi connectivity index (χ4n) is 4.24. The second-order valence-electron chi connectivity index (χ2n) is 9.74. The molecule has 8 nitrogen and oxygen atoms in total. The van der Waals surface area contributed by atoms with Gasteiger partial charge in [0.25, 0.3) is 5.91 Å². The minimum absolute atomic E-state index is 0.0259. The molecule has 2 fully saturated rings. The highest BCUT2D eigenvalue weighted by atomic mass is 19.1. The summed E-state index contributed by atoms with van der Waals surface area (Å²) in [5.74, 6) is -0.588. The molecule has 1 saturated heterocycles. The van der Waals surface area contributed by atoms with Gasteiger partial charge < -0.3 is 25.8 Å². The maximum atomic E-state index is 13.3. The van der Waals surface area contributed by atoms with Crippen molar-refractivity contribution in [2.24, 2.45) is 5.92 Å². The van der Waals surface area contributed by atoms with Gasteiger partial charge >= 0.3 is 6.03 Å². The minimum Gasteiger partial charge on any atom is -0.369 e. The number of rotatable bonds is 7. The molecule has 9 heteroatoms. The summed E-state index contributed by atoms with van der Waals surface area (Å²) in [6.07, 6.45) is 2.55. The molecule has 0 atom stereocenters. The Morgan fingerprint density at radius 1 is 1.00 bits per heavy atom. The molecule has 2 aromatic rings. The zero-order valence-electron chi connectivity index (χ0n) is 20.9. The lowest BCUT2D eigenvalue weighted by molar-refractivity contribution is -0.117. The van der Waals surface area contributed by atoms with Crippen LogP contribution in [0.2, 0.25) is 0 Å². The quantitative estimate of drug-likeness (QED) is 0.546. The van der Waals surface area contributed by atoms with Crippen molar-refractivity contribution in [3.05, 3.63) is 59.4 Å². The van der Waals surface area contributed by atoms with Crippen LogP contribution in [0.4, 0.5) is 20.6 Å². The van der Waals surface area contributed by atoms with Crippen molar-refractivity contribution < 1.29 is 18.8 Å². The van der Waals surface area contributed by atoms with E-state index < -0.39 is 0 Å². The number of benzene rings is 2. The number of halogens is 1. The van der Waals surface area contributed by atoms with Crippen molar-refractivity contribution in [1.29, 1.82) is 0 Å². The van der Waals surface area contributed by atoms with Crippen LogP contribution in [0.5, 0.6) is 0 Å². The molecule has 0 spiro atoms. The van der Waals surface area contributed by atoms with Crippen LogP contribution in [-0.4, -0.2) is 55.0 Å². The maximum absolute atomic E-state index is 13.3. The van der Waals surface area contributed by atoms with E-state index >= 15 is 0 Å². The van der Waals surface area contributed by atoms with Crippen LogP contribution in [0, 0.1) is 11.7 Å². The standard InChI is InChI=1S/C27H34FN5O3/c1-18(2)30-27(36)33-13-3-12-32(14-15-33)24-11-10-22(31-25(34)20-6-7-20)16-23(24)26(35)29-17-19-4-8-21(28)9-5-19/h4-5,8-11,16,18,20H,3,6-7,12-15,17H2,1-2H3,(H,29,35)(H,30,36)(H,31,34). The molecule has 1 saturated carbocycles. The van der Waals surface area contributed by atoms with E-state index in [0.29, 0.717) is 37.4 Å². The number of carbonyl (C=O) groups is 3. The van der Waals surface area contributed by atoms with Crippen molar-refractivity contribution in [3.8, 4) is 0 Å². The molecular weight excluding hydrogens is 461 g/mol. The number of nitrogens with one attached hydrogen (secondary N) is 3. The van der Waals surface area contributed by atoms with Crippen LogP contribution in [0.1, 0.15) is 49.0 Å². The molecule has 36 heavy (non-hydrogen) atoms. The summed E-state index contributed by atoms with van der Waals surface area (Å²) in [6.45, 7) is 6.56. The SMILES string of the molecule is CC(C)NC(=O)N1CCCN(c2ccc(NC(=O)C3CC3)cc2C(=O)NCc2ccc(F)cc2)CC1. The van der Waals surface area contributed by atoms with Crippen molar-refractivity contribution in [1.82, 2.24) is 15.5 Å². The van der Waals surface area contributed by atoms with E-state index in [1.54, 1.807) is 23.1 Å². The predicted molar refractivity (Wildman–Crippen MR) is 137 cm³/mol. The van der Waals surface area contributed by atoms with Crippen LogP contribution in [-0.2, 0) is 11.3 Å². The lowest BCUT2D eigenvalue weighted by Crippen LogP contribution is -2.44. The monoisotopic (exact) mass is 495 g/mol. The summed E-state index contributed by atoms with van der Waals surface area (Å²) in [7, 11) is 0. The largest absolute Gasteiger partial charge is 0.369 e. The number of hydrogen-bond acceptors (Lipinski definition) is 4. The van der Waals surface area contributed by atoms with E-state index in [1.807, 2.05) is 26.0 Å². The number of hydrogen-bond donors (Lipinski definition) is 3. The van der Waals surface area contributed by atoms with Gasteiger partial charge in [-0.15, -0.1) is 0 Å². The zero-order chi connectivity index (χ0) is 25.7. The van der Waals surface area contributed by atoms with Crippen molar-refractivity contribution in [2.75, 3.05) is 36.4 Å². The second-order valence-corrected chi connectivity index (χ2v) is 9.74. The third-order valence-corrected chi connectivity index (χ3v) is 6.36. The van der Waals surface area contributed by atoms with E-state index in [1.165, 1.54) is 12.1 Å². The molecule has 0 radical (unpaired) electrons. The van der Waals surface area contributed by atoms with Gasteiger partial charge in [-0.3, -0.25) is 9.59 Å². The van der Waals surface area contributed by atoms with E-state index in [9.17, 15) is 18.8 Å². The molecule has 1 aliphatic heterocycles. The first kappa shape index (κ1) is 25.5. The summed E-state index contributed by atoms with van der Waals surface area (Å²) in [5.41, 5.74) is 2.56. The van der Waals surface area contributed by atoms with Gasteiger partial charge in [0.15, 0.2) is 0 Å². The number of nitrogens with zero attached hydrogens (tertiary/aromatic N) is 2. The van der Waals surface area contributed by atoms with Crippen molar-refractivity contribution in [2.45, 2.75) is 45.7 Å². The van der Waals surface area contributed by atoms with E-state index in [0.717, 1.165) is 30.5 Å². The van der Waals surface area contributed by atoms with Gasteiger partial charge in [0.2, 0.25) is 5.91 Å². The fraction of sp³-hybridized carbons (Fsp3) is 0.444. The summed E-state index contributed by atoms with van der Waals surface area (Å²) < 4.78 is 13.2. The third-order valence-electron chi connectivity index (χ3n) is 6.36. The molecule has 4 rings (SSSR count). The molecule has 2 aromatic carbocycles. The smallest absolute Gasteiger partial charge is 0.317 e. The van der Waals surface area contributed by atoms with Gasteiger partial charge in [-0.25, -0.2) is 9.18 Å². The Morgan fingerprint density at radius 2 is 1.75 bits per heavy atom. The highest BCUT2D eigenvalue weighted by Gasteiger charge is 2.30. The van der Waals surface area contributed by atoms with Gasteiger partial charge in [-0.2, -0.15) is 0 Å². The molecule has 192 valence electrons. The topological polar surface area (TPSA) is 93.8 Å². The maximum Gasteiger partial charge on any atom is 0.317 e. The molecule has 1 aliphatic carbocycles. The fourth-order valence-corrected chi connectivity index (χ4v) is 4.24. The molecule has 4 amide bonds. The van der Waals surface area contributed by atoms with Crippen LogP contribution in [0.25, 0.3) is 0 Å². The third kappa shape index (κ3) is 6.74. The van der Waals surface area contributed by atoms with Gasteiger partial charge in [0, 0.05) is 56.1 Å². The first-order chi connectivity index (χ1) is 17.3. The predicted octanol–water partition coefficient (Wildman–Crippen LogP) is 3.73. The average Bonchev–Trinajstić information content (AvgIpc) is 3.70. The Balaban J connectivity index is 1.52. The Morgan fingerprint density at radius 3 is 2.44 bits per heavy atom. The van der Waals surface area contributed by atoms with Crippen LogP contribution >= 0.6 is 0 Å². The molecule has 0 unspecified atom stereocenters. The Labute approximate surface area is 211 Å². The van der Waals surface area contributed by atoms with E-state index in [4.69, 9.17) is 0 Å². The summed E-state index contributed by atoms with van der Waals surface area (Å²) in [4.78, 5) is 42.0. The molecule has 2 aliphatic rings. The second kappa shape index (κ2) is 11.4. The van der Waals surface area contributed by atoms with Crippen molar-refractivity contribution >= 4 is 29.2 Å². The van der Waals surface area contributed by atoms with E-state index in [2.05, 4.69) is 20.9 Å². The highest BCUT2D eigenvalue weighted by molar-refractivity contribution is 6.02. The lowest BCUT2D eigenvalue weighted by atomic mass is 10.1. The first-order valence-corrected chi connectivity index (χ1v) is 12.6. The molecule has 0 bridgehead atoms. The van der Waals surface area contributed by atoms with Gasteiger partial charge in [0.1, 0.15) is 5.82 Å². The zero-order valence-corrected chi connectivity index (χ0v) is 20.9. The van der Waals surface area contributed by atoms with Crippen LogP contribution in [0.15, 0.2) is 42.5 Å². The van der Waals surface area contributed by atoms with Gasteiger partial charge in [0.05, 0.1) is 5.56 Å². The molecular formula is C27H34FN5O3. The molecule has 0 aromatic heterocycles. The number of amides is 4. The number of carbonyl (C=O) groups excluding carboxylic acids is 3. The lowest BCUT2D eigenvalue weighted by Gasteiger charge is -2.26. The van der Waals surface area contributed by atoms with Crippen LogP contribution in [0.3, 0.4) is 0 Å². The average molecular weight is 496 g/mol. The minimum atomic E-state index is -0.330. The summed E-state index contributed by atoms with van der Waals surface area (Å²) in [6, 6.07) is 11.4. The summed E-state index contributed by atoms with van der Waals surface area (Å²) >= 11 is 0. The van der Waals surface area contributed by atoms with Crippen LogP contribution < -0.4 is 20.9 Å². The molecule has 3 N–H and O–H groups in total. The first-order valence-electron chi connectivity index (χ1n) is 12.6. The molecule has 1 heterocycles. The number of anilines is 2. The Hall–Kier alpha value is -3.62.